The Kier molecular flexibility index (Phi) is 4.96. The molecule has 0 aliphatic carbocycles. The van der Waals surface area contributed by atoms with Gasteiger partial charge >= 0.3 is 5.97 Å². The summed E-state index contributed by atoms with van der Waals surface area (Å²) in [6.07, 6.45) is 2.25. The van der Waals surface area contributed by atoms with Gasteiger partial charge in [0.2, 0.25) is 0 Å². The maximum atomic E-state index is 14.5. The van der Waals surface area contributed by atoms with Gasteiger partial charge in [-0.3, -0.25) is 9.69 Å². The zero-order valence-electron chi connectivity index (χ0n) is 13.3. The minimum Gasteiger partial charge on any atom is -0.480 e. The van der Waals surface area contributed by atoms with Crippen LogP contribution in [0.3, 0.4) is 0 Å². The Morgan fingerprint density at radius 1 is 1.33 bits per heavy atom. The molecule has 128 valence electrons. The minimum absolute atomic E-state index is 0.325. The molecule has 1 aliphatic heterocycles. The van der Waals surface area contributed by atoms with Crippen LogP contribution in [0, 0.1) is 18.6 Å². The number of thiophene rings is 1. The number of hydrogen-bond acceptors (Lipinski definition) is 3. The number of likely N-dealkylation sites (tertiary alicyclic amines) is 1. The molecular weight excluding hydrogens is 332 g/mol. The summed E-state index contributed by atoms with van der Waals surface area (Å²) in [5, 5.41) is 11.5. The maximum Gasteiger partial charge on any atom is 0.320 e. The Hall–Kier alpha value is -1.79. The van der Waals surface area contributed by atoms with Crippen molar-refractivity contribution in [2.24, 2.45) is 0 Å². The van der Waals surface area contributed by atoms with Crippen LogP contribution in [0.4, 0.5) is 8.78 Å². The summed E-state index contributed by atoms with van der Waals surface area (Å²) in [6.45, 7) is 2.53. The molecule has 6 heteroatoms. The number of piperidine rings is 1. The van der Waals surface area contributed by atoms with Crippen molar-refractivity contribution in [1.29, 1.82) is 0 Å². The minimum atomic E-state index is -0.893. The smallest absolute Gasteiger partial charge is 0.320 e. The monoisotopic (exact) mass is 351 g/mol. The van der Waals surface area contributed by atoms with E-state index in [2.05, 4.69) is 0 Å². The Morgan fingerprint density at radius 2 is 2.12 bits per heavy atom. The van der Waals surface area contributed by atoms with Gasteiger partial charge in [-0.2, -0.15) is 0 Å². The van der Waals surface area contributed by atoms with Crippen molar-refractivity contribution in [2.45, 2.75) is 38.3 Å². The van der Waals surface area contributed by atoms with E-state index in [9.17, 15) is 18.7 Å². The highest BCUT2D eigenvalue weighted by Gasteiger charge is 2.36. The van der Waals surface area contributed by atoms with Gasteiger partial charge in [-0.1, -0.05) is 12.5 Å². The molecular formula is C18H19F2NO2S. The van der Waals surface area contributed by atoms with E-state index in [1.807, 2.05) is 23.3 Å². The van der Waals surface area contributed by atoms with Gasteiger partial charge < -0.3 is 5.11 Å². The lowest BCUT2D eigenvalue weighted by Crippen LogP contribution is -2.46. The molecule has 0 bridgehead atoms. The fourth-order valence-electron chi connectivity index (χ4n) is 3.34. The van der Waals surface area contributed by atoms with E-state index in [1.54, 1.807) is 0 Å². The molecule has 2 heterocycles. The average molecular weight is 351 g/mol. The molecule has 2 atom stereocenters. The maximum absolute atomic E-state index is 14.5. The standard InChI is InChI=1S/C18H19F2NO2S/c1-11-8-16(24-10-11)17(13-6-5-12(19)9-14(13)20)21-7-3-2-4-15(21)18(22)23/h5-6,8-10,15,17H,2-4,7H2,1H3,(H,22,23). The fraction of sp³-hybridized carbons (Fsp3) is 0.389. The second-order valence-corrected chi connectivity index (χ2v) is 7.13. The van der Waals surface area contributed by atoms with E-state index < -0.39 is 29.7 Å². The van der Waals surface area contributed by atoms with Gasteiger partial charge in [0.15, 0.2) is 0 Å². The third-order valence-corrected chi connectivity index (χ3v) is 5.54. The van der Waals surface area contributed by atoms with Gasteiger partial charge in [0.05, 0.1) is 6.04 Å². The van der Waals surface area contributed by atoms with Gasteiger partial charge in [-0.25, -0.2) is 8.78 Å². The highest BCUT2D eigenvalue weighted by molar-refractivity contribution is 7.10. The Bertz CT molecular complexity index is 746. The first-order chi connectivity index (χ1) is 11.5. The normalized spacial score (nSPS) is 20.0. The van der Waals surface area contributed by atoms with Crippen molar-refractivity contribution in [1.82, 2.24) is 4.90 Å². The lowest BCUT2D eigenvalue weighted by Gasteiger charge is -2.39. The third kappa shape index (κ3) is 3.35. The highest BCUT2D eigenvalue weighted by atomic mass is 32.1. The molecule has 2 aromatic rings. The molecule has 3 rings (SSSR count). The molecule has 0 saturated carbocycles. The van der Waals surface area contributed by atoms with Gasteiger partial charge in [0, 0.05) is 16.5 Å². The van der Waals surface area contributed by atoms with Crippen LogP contribution in [-0.4, -0.2) is 28.6 Å². The molecule has 1 fully saturated rings. The number of halogens is 2. The molecule has 1 saturated heterocycles. The summed E-state index contributed by atoms with van der Waals surface area (Å²) in [4.78, 5) is 14.4. The van der Waals surface area contributed by atoms with Crippen LogP contribution in [0.5, 0.6) is 0 Å². The quantitative estimate of drug-likeness (QED) is 0.890. The van der Waals surface area contributed by atoms with Crippen LogP contribution in [0.25, 0.3) is 0 Å². The van der Waals surface area contributed by atoms with E-state index >= 15 is 0 Å². The van der Waals surface area contributed by atoms with Crippen LogP contribution in [-0.2, 0) is 4.79 Å². The van der Waals surface area contributed by atoms with Gasteiger partial charge in [0.1, 0.15) is 17.7 Å². The molecule has 1 aliphatic rings. The van der Waals surface area contributed by atoms with Crippen molar-refractivity contribution < 1.29 is 18.7 Å². The Morgan fingerprint density at radius 3 is 2.75 bits per heavy atom. The summed E-state index contributed by atoms with van der Waals surface area (Å²) in [6, 6.07) is 4.30. The summed E-state index contributed by atoms with van der Waals surface area (Å²) < 4.78 is 27.8. The first-order valence-corrected chi connectivity index (χ1v) is 8.84. The number of rotatable bonds is 4. The molecule has 1 aromatic heterocycles. The molecule has 1 N–H and O–H groups in total. The summed E-state index contributed by atoms with van der Waals surface area (Å²) in [5.74, 6) is -2.16. The largest absolute Gasteiger partial charge is 0.480 e. The molecule has 1 aromatic carbocycles. The number of aliphatic carboxylic acids is 1. The highest BCUT2D eigenvalue weighted by Crippen LogP contribution is 2.38. The first-order valence-electron chi connectivity index (χ1n) is 7.96. The van der Waals surface area contributed by atoms with E-state index in [4.69, 9.17) is 0 Å². The van der Waals surface area contributed by atoms with Crippen LogP contribution in [0.2, 0.25) is 0 Å². The number of carbonyl (C=O) groups is 1. The molecule has 2 unspecified atom stereocenters. The van der Waals surface area contributed by atoms with E-state index in [0.717, 1.165) is 29.3 Å². The van der Waals surface area contributed by atoms with Crippen LogP contribution in [0.15, 0.2) is 29.6 Å². The summed E-state index contributed by atoms with van der Waals surface area (Å²) in [7, 11) is 0. The van der Waals surface area contributed by atoms with Crippen LogP contribution >= 0.6 is 11.3 Å². The second kappa shape index (κ2) is 6.99. The Labute approximate surface area is 143 Å². The van der Waals surface area contributed by atoms with Crippen molar-refractivity contribution in [3.8, 4) is 0 Å². The topological polar surface area (TPSA) is 40.5 Å². The summed E-state index contributed by atoms with van der Waals surface area (Å²) in [5.41, 5.74) is 1.37. The SMILES string of the molecule is Cc1csc(C(c2ccc(F)cc2F)N2CCCCC2C(=O)O)c1. The number of benzene rings is 1. The van der Waals surface area contributed by atoms with Gasteiger partial charge in [-0.15, -0.1) is 11.3 Å². The van der Waals surface area contributed by atoms with Crippen LogP contribution in [0.1, 0.15) is 41.3 Å². The molecule has 24 heavy (non-hydrogen) atoms. The lowest BCUT2D eigenvalue weighted by atomic mass is 9.95. The molecule has 0 spiro atoms. The van der Waals surface area contributed by atoms with E-state index in [0.29, 0.717) is 18.5 Å². The van der Waals surface area contributed by atoms with E-state index in [1.165, 1.54) is 23.5 Å². The zero-order valence-corrected chi connectivity index (χ0v) is 14.2. The number of carboxylic acids is 1. The number of carboxylic acid groups (broad SMARTS) is 1. The molecule has 0 radical (unpaired) electrons. The zero-order chi connectivity index (χ0) is 17.3. The van der Waals surface area contributed by atoms with E-state index in [-0.39, 0.29) is 0 Å². The molecule has 3 nitrogen and oxygen atoms in total. The lowest BCUT2D eigenvalue weighted by molar-refractivity contribution is -0.145. The van der Waals surface area contributed by atoms with Crippen molar-refractivity contribution in [3.05, 3.63) is 57.3 Å². The van der Waals surface area contributed by atoms with Crippen molar-refractivity contribution >= 4 is 17.3 Å². The second-order valence-electron chi connectivity index (χ2n) is 6.18. The van der Waals surface area contributed by atoms with Crippen molar-refractivity contribution in [3.63, 3.8) is 0 Å². The average Bonchev–Trinajstić information content (AvgIpc) is 2.96. The predicted molar refractivity (Wildman–Crippen MR) is 89.2 cm³/mol. The fourth-order valence-corrected chi connectivity index (χ4v) is 4.38. The van der Waals surface area contributed by atoms with Crippen molar-refractivity contribution in [2.75, 3.05) is 6.54 Å². The van der Waals surface area contributed by atoms with Gasteiger partial charge in [0.25, 0.3) is 0 Å². The molecule has 0 amide bonds. The number of hydrogen-bond donors (Lipinski definition) is 1. The number of nitrogens with zero attached hydrogens (tertiary/aromatic N) is 1. The van der Waals surface area contributed by atoms with Crippen LogP contribution < -0.4 is 0 Å². The van der Waals surface area contributed by atoms with Gasteiger partial charge in [-0.05, 0) is 49.4 Å². The number of aryl methyl sites for hydroxylation is 1. The third-order valence-electron chi connectivity index (χ3n) is 4.44. The Balaban J connectivity index is 2.09. The predicted octanol–water partition coefficient (Wildman–Crippen LogP) is 4.36. The summed E-state index contributed by atoms with van der Waals surface area (Å²) >= 11 is 1.48. The first kappa shape index (κ1) is 17.0.